The van der Waals surface area contributed by atoms with Gasteiger partial charge in [-0.25, -0.2) is 4.39 Å². The third-order valence-corrected chi connectivity index (χ3v) is 6.33. The number of halogens is 2. The summed E-state index contributed by atoms with van der Waals surface area (Å²) in [6, 6.07) is 5.52. The van der Waals surface area contributed by atoms with Crippen LogP contribution in [0.4, 0.5) is 4.39 Å². The van der Waals surface area contributed by atoms with E-state index in [1.54, 1.807) is 6.07 Å². The Hall–Kier alpha value is -2.44. The summed E-state index contributed by atoms with van der Waals surface area (Å²) >= 11 is 6.25. The zero-order valence-corrected chi connectivity index (χ0v) is 20.9. The van der Waals surface area contributed by atoms with E-state index in [0.717, 1.165) is 54.7 Å². The largest absolute Gasteiger partial charge is 0.484 e. The zero-order valence-electron chi connectivity index (χ0n) is 20.2. The van der Waals surface area contributed by atoms with E-state index in [1.165, 1.54) is 6.07 Å². The van der Waals surface area contributed by atoms with Crippen molar-refractivity contribution in [1.29, 1.82) is 0 Å². The molecule has 33 heavy (non-hydrogen) atoms. The Kier molecular flexibility index (Phi) is 8.87. The lowest BCUT2D eigenvalue weighted by Gasteiger charge is -2.22. The number of aromatic nitrogens is 3. The lowest BCUT2D eigenvalue weighted by molar-refractivity contribution is 0.222. The van der Waals surface area contributed by atoms with Crippen LogP contribution in [0.15, 0.2) is 36.8 Å². The number of ether oxygens (including phenoxy) is 1. The van der Waals surface area contributed by atoms with Crippen LogP contribution in [-0.4, -0.2) is 27.9 Å². The van der Waals surface area contributed by atoms with Gasteiger partial charge in [0, 0.05) is 29.1 Å². The SMILES string of the molecule is CC.CCc1ncc(-c2cnn(C3CCNCC3)c2)cc1OC(C)c1c(C)ccc(F)c1Cl. The number of nitrogens with one attached hydrogen (secondary N) is 1. The average molecular weight is 473 g/mol. The molecule has 1 fully saturated rings. The summed E-state index contributed by atoms with van der Waals surface area (Å²) in [4.78, 5) is 4.63. The normalized spacial score (nSPS) is 15.0. The van der Waals surface area contributed by atoms with Crippen molar-refractivity contribution < 1.29 is 9.13 Å². The molecule has 0 bridgehead atoms. The van der Waals surface area contributed by atoms with E-state index in [-0.39, 0.29) is 5.02 Å². The van der Waals surface area contributed by atoms with E-state index in [1.807, 2.05) is 53.1 Å². The number of nitrogens with zero attached hydrogens (tertiary/aromatic N) is 3. The quantitative estimate of drug-likeness (QED) is 0.433. The molecule has 1 unspecified atom stereocenters. The van der Waals surface area contributed by atoms with Crippen LogP contribution in [0.3, 0.4) is 0 Å². The average Bonchev–Trinajstić information content (AvgIpc) is 3.34. The Bertz CT molecular complexity index is 1060. The van der Waals surface area contributed by atoms with Crippen molar-refractivity contribution in [3.63, 3.8) is 0 Å². The summed E-state index contributed by atoms with van der Waals surface area (Å²) in [5.74, 6) is 0.243. The van der Waals surface area contributed by atoms with E-state index in [2.05, 4.69) is 26.3 Å². The summed E-state index contributed by atoms with van der Waals surface area (Å²) in [5.41, 5.74) is 4.36. The second-order valence-corrected chi connectivity index (χ2v) is 8.44. The molecule has 0 amide bonds. The van der Waals surface area contributed by atoms with Crippen LogP contribution in [-0.2, 0) is 6.42 Å². The van der Waals surface area contributed by atoms with Crippen LogP contribution in [0, 0.1) is 12.7 Å². The maximum atomic E-state index is 14.0. The number of piperidine rings is 1. The molecule has 0 radical (unpaired) electrons. The summed E-state index contributed by atoms with van der Waals surface area (Å²) in [5, 5.41) is 8.09. The molecule has 0 spiro atoms. The fraction of sp³-hybridized carbons (Fsp3) is 0.462. The molecule has 2 aromatic heterocycles. The number of hydrogen-bond donors (Lipinski definition) is 1. The number of hydrogen-bond acceptors (Lipinski definition) is 4. The van der Waals surface area contributed by atoms with Gasteiger partial charge in [-0.05, 0) is 63.9 Å². The molecular weight excluding hydrogens is 439 g/mol. The van der Waals surface area contributed by atoms with Crippen molar-refractivity contribution in [2.24, 2.45) is 0 Å². The number of benzene rings is 1. The summed E-state index contributed by atoms with van der Waals surface area (Å²) in [6.45, 7) is 11.9. The Balaban J connectivity index is 0.00000149. The van der Waals surface area contributed by atoms with Crippen molar-refractivity contribution in [1.82, 2.24) is 20.1 Å². The molecule has 1 aliphatic heterocycles. The Morgan fingerprint density at radius 2 is 1.94 bits per heavy atom. The molecule has 1 atom stereocenters. The van der Waals surface area contributed by atoms with Gasteiger partial charge in [0.2, 0.25) is 0 Å². The van der Waals surface area contributed by atoms with Crippen LogP contribution in [0.2, 0.25) is 5.02 Å². The van der Waals surface area contributed by atoms with E-state index in [4.69, 9.17) is 16.3 Å². The molecular formula is C26H34ClFN4O. The maximum absolute atomic E-state index is 14.0. The van der Waals surface area contributed by atoms with Crippen LogP contribution < -0.4 is 10.1 Å². The molecule has 3 aromatic rings. The van der Waals surface area contributed by atoms with Gasteiger partial charge in [-0.3, -0.25) is 9.67 Å². The topological polar surface area (TPSA) is 52.0 Å². The highest BCUT2D eigenvalue weighted by Gasteiger charge is 2.20. The lowest BCUT2D eigenvalue weighted by Crippen LogP contribution is -2.29. The minimum atomic E-state index is -0.439. The predicted molar refractivity (Wildman–Crippen MR) is 133 cm³/mol. The Morgan fingerprint density at radius 1 is 1.21 bits per heavy atom. The lowest BCUT2D eigenvalue weighted by atomic mass is 10.0. The van der Waals surface area contributed by atoms with Gasteiger partial charge >= 0.3 is 0 Å². The van der Waals surface area contributed by atoms with Crippen molar-refractivity contribution in [2.75, 3.05) is 13.1 Å². The molecule has 5 nitrogen and oxygen atoms in total. The molecule has 1 aliphatic rings. The third-order valence-electron chi connectivity index (χ3n) is 5.94. The number of aryl methyl sites for hydroxylation is 2. The van der Waals surface area contributed by atoms with Crippen molar-refractivity contribution in [2.45, 2.75) is 66.0 Å². The first-order chi connectivity index (χ1) is 16.0. The first kappa shape index (κ1) is 25.2. The summed E-state index contributed by atoms with van der Waals surface area (Å²) in [7, 11) is 0. The van der Waals surface area contributed by atoms with Crippen LogP contribution >= 0.6 is 11.6 Å². The first-order valence-corrected chi connectivity index (χ1v) is 12.2. The van der Waals surface area contributed by atoms with Crippen LogP contribution in [0.25, 0.3) is 11.1 Å². The Labute approximate surface area is 201 Å². The van der Waals surface area contributed by atoms with E-state index >= 15 is 0 Å². The van der Waals surface area contributed by atoms with Gasteiger partial charge in [-0.1, -0.05) is 38.4 Å². The molecule has 0 aliphatic carbocycles. The van der Waals surface area contributed by atoms with Crippen molar-refractivity contribution in [3.05, 3.63) is 64.5 Å². The fourth-order valence-electron chi connectivity index (χ4n) is 4.17. The molecule has 7 heteroatoms. The molecule has 3 heterocycles. The van der Waals surface area contributed by atoms with Gasteiger partial charge in [0.05, 0.1) is 23.0 Å². The van der Waals surface area contributed by atoms with Gasteiger partial charge in [0.25, 0.3) is 0 Å². The molecule has 4 rings (SSSR count). The van der Waals surface area contributed by atoms with E-state index in [0.29, 0.717) is 17.4 Å². The second kappa shape index (κ2) is 11.6. The van der Waals surface area contributed by atoms with E-state index < -0.39 is 11.9 Å². The molecule has 0 saturated carbocycles. The van der Waals surface area contributed by atoms with E-state index in [9.17, 15) is 4.39 Å². The van der Waals surface area contributed by atoms with Crippen LogP contribution in [0.1, 0.15) is 69.5 Å². The number of rotatable bonds is 6. The predicted octanol–water partition coefficient (Wildman–Crippen LogP) is 6.70. The van der Waals surface area contributed by atoms with Gasteiger partial charge in [-0.15, -0.1) is 0 Å². The number of pyridine rings is 1. The minimum Gasteiger partial charge on any atom is -0.484 e. The van der Waals surface area contributed by atoms with Gasteiger partial charge in [0.1, 0.15) is 17.7 Å². The minimum absolute atomic E-state index is 0.109. The monoisotopic (exact) mass is 472 g/mol. The molecule has 1 N–H and O–H groups in total. The summed E-state index contributed by atoms with van der Waals surface area (Å²) in [6.07, 6.45) is 8.29. The molecule has 178 valence electrons. The van der Waals surface area contributed by atoms with Gasteiger partial charge in [-0.2, -0.15) is 5.10 Å². The molecule has 1 saturated heterocycles. The highest BCUT2D eigenvalue weighted by atomic mass is 35.5. The Morgan fingerprint density at radius 3 is 2.64 bits per heavy atom. The molecule has 1 aromatic carbocycles. The zero-order chi connectivity index (χ0) is 24.0. The smallest absolute Gasteiger partial charge is 0.142 e. The third kappa shape index (κ3) is 5.74. The van der Waals surface area contributed by atoms with Crippen LogP contribution in [0.5, 0.6) is 5.75 Å². The maximum Gasteiger partial charge on any atom is 0.142 e. The van der Waals surface area contributed by atoms with Crippen molar-refractivity contribution in [3.8, 4) is 16.9 Å². The summed E-state index contributed by atoms with van der Waals surface area (Å²) < 4.78 is 22.4. The highest BCUT2D eigenvalue weighted by Crippen LogP contribution is 2.34. The van der Waals surface area contributed by atoms with Gasteiger partial charge in [0.15, 0.2) is 0 Å². The first-order valence-electron chi connectivity index (χ1n) is 11.8. The fourth-order valence-corrected chi connectivity index (χ4v) is 4.53. The highest BCUT2D eigenvalue weighted by molar-refractivity contribution is 6.31. The second-order valence-electron chi connectivity index (χ2n) is 8.06. The standard InChI is InChI=1S/C24H28ClFN4O.C2H6/c1-4-21-22(31-16(3)23-15(2)5-6-20(26)24(23)25)11-17(12-28-21)18-13-29-30(14-18)19-7-9-27-10-8-19;1-2/h5-6,11-14,16,19,27H,4,7-10H2,1-3H3;1-2H3. The van der Waals surface area contributed by atoms with Gasteiger partial charge < -0.3 is 10.1 Å². The van der Waals surface area contributed by atoms with Crippen molar-refractivity contribution >= 4 is 11.6 Å².